The summed E-state index contributed by atoms with van der Waals surface area (Å²) in [5, 5.41) is 6.74. The number of aromatic nitrogens is 3. The van der Waals surface area contributed by atoms with Crippen LogP contribution in [-0.4, -0.2) is 34.7 Å². The monoisotopic (exact) mass is 587 g/mol. The number of benzene rings is 2. The van der Waals surface area contributed by atoms with Gasteiger partial charge in [-0.1, -0.05) is 42.5 Å². The van der Waals surface area contributed by atoms with Crippen LogP contribution in [0.15, 0.2) is 115 Å². The van der Waals surface area contributed by atoms with Crippen LogP contribution in [0.1, 0.15) is 27.5 Å². The number of dihydropyridines is 1. The zero-order chi connectivity index (χ0) is 30.5. The molecule has 2 aromatic carbocycles. The number of pyridine rings is 3. The minimum absolute atomic E-state index is 0.0120. The third-order valence-corrected chi connectivity index (χ3v) is 7.11. The number of amides is 1. The second kappa shape index (κ2) is 12.5. The van der Waals surface area contributed by atoms with Crippen molar-refractivity contribution in [2.75, 3.05) is 19.5 Å². The van der Waals surface area contributed by atoms with E-state index in [1.807, 2.05) is 54.8 Å². The Hall–Kier alpha value is -5.90. The summed E-state index contributed by atoms with van der Waals surface area (Å²) >= 11 is 0. The first-order chi connectivity index (χ1) is 21.5. The topological polar surface area (TPSA) is 117 Å². The number of anilines is 1. The van der Waals surface area contributed by atoms with Crippen molar-refractivity contribution in [1.29, 1.82) is 0 Å². The molecule has 4 heterocycles. The third-order valence-electron chi connectivity index (χ3n) is 7.11. The van der Waals surface area contributed by atoms with Crippen LogP contribution in [0.25, 0.3) is 10.9 Å². The summed E-state index contributed by atoms with van der Waals surface area (Å²) in [6.45, 7) is 0.326. The van der Waals surface area contributed by atoms with Gasteiger partial charge in [-0.2, -0.15) is 0 Å². The van der Waals surface area contributed by atoms with Crippen LogP contribution in [0.5, 0.6) is 23.0 Å². The van der Waals surface area contributed by atoms with Gasteiger partial charge in [-0.05, 0) is 53.7 Å². The Morgan fingerprint density at radius 2 is 1.77 bits per heavy atom. The third kappa shape index (κ3) is 6.00. The highest BCUT2D eigenvalue weighted by Gasteiger charge is 2.19. The smallest absolute Gasteiger partial charge is 0.263 e. The summed E-state index contributed by atoms with van der Waals surface area (Å²) in [6.07, 6.45) is 12.5. The summed E-state index contributed by atoms with van der Waals surface area (Å²) < 4.78 is 18.5. The number of carbonyl (C=O) groups excluding carboxylic acids is 1. The van der Waals surface area contributed by atoms with Crippen molar-refractivity contribution >= 4 is 22.6 Å². The quantitative estimate of drug-likeness (QED) is 0.228. The SMILES string of the molecule is COc1cc2nccc(Oc3ccc(NC(=O)c4cc(C5C=CC=CN5)cn(Cc5ccccc5)c4=O)nc3)c2cc1OC. The van der Waals surface area contributed by atoms with E-state index < -0.39 is 11.5 Å². The van der Waals surface area contributed by atoms with Crippen LogP contribution >= 0.6 is 0 Å². The maximum absolute atomic E-state index is 13.5. The van der Waals surface area contributed by atoms with Gasteiger partial charge in [-0.3, -0.25) is 14.6 Å². The fourth-order valence-electron chi connectivity index (χ4n) is 4.90. The first kappa shape index (κ1) is 28.2. The second-order valence-electron chi connectivity index (χ2n) is 9.96. The molecule has 1 aliphatic heterocycles. The van der Waals surface area contributed by atoms with Crippen molar-refractivity contribution in [3.8, 4) is 23.0 Å². The molecule has 10 heteroatoms. The highest BCUT2D eigenvalue weighted by Crippen LogP contribution is 2.36. The molecule has 0 aliphatic carbocycles. The number of hydrogen-bond acceptors (Lipinski definition) is 8. The second-order valence-corrected chi connectivity index (χ2v) is 9.96. The van der Waals surface area contributed by atoms with Gasteiger partial charge in [0.25, 0.3) is 11.5 Å². The predicted molar refractivity (Wildman–Crippen MR) is 168 cm³/mol. The van der Waals surface area contributed by atoms with E-state index >= 15 is 0 Å². The van der Waals surface area contributed by atoms with Gasteiger partial charge in [0.2, 0.25) is 0 Å². The molecule has 1 unspecified atom stereocenters. The molecule has 44 heavy (non-hydrogen) atoms. The van der Waals surface area contributed by atoms with Crippen LogP contribution in [0.2, 0.25) is 0 Å². The van der Waals surface area contributed by atoms with Gasteiger partial charge in [-0.15, -0.1) is 0 Å². The number of carbonyl (C=O) groups is 1. The van der Waals surface area contributed by atoms with Gasteiger partial charge >= 0.3 is 0 Å². The van der Waals surface area contributed by atoms with Crippen molar-refractivity contribution < 1.29 is 19.0 Å². The van der Waals surface area contributed by atoms with Crippen molar-refractivity contribution in [3.63, 3.8) is 0 Å². The highest BCUT2D eigenvalue weighted by molar-refractivity contribution is 6.03. The molecular formula is C34H29N5O5. The zero-order valence-electron chi connectivity index (χ0n) is 24.1. The molecule has 0 spiro atoms. The molecule has 10 nitrogen and oxygen atoms in total. The van der Waals surface area contributed by atoms with Gasteiger partial charge in [0.1, 0.15) is 22.9 Å². The number of rotatable bonds is 9. The molecule has 1 aliphatic rings. The lowest BCUT2D eigenvalue weighted by molar-refractivity contribution is 0.102. The van der Waals surface area contributed by atoms with Crippen LogP contribution in [-0.2, 0) is 6.54 Å². The fourth-order valence-corrected chi connectivity index (χ4v) is 4.90. The molecule has 3 aromatic heterocycles. The molecule has 0 fully saturated rings. The van der Waals surface area contributed by atoms with E-state index in [0.29, 0.717) is 35.1 Å². The largest absolute Gasteiger partial charge is 0.493 e. The molecule has 0 saturated heterocycles. The minimum Gasteiger partial charge on any atom is -0.493 e. The lowest BCUT2D eigenvalue weighted by Gasteiger charge is -2.19. The number of fused-ring (bicyclic) bond motifs is 1. The molecule has 5 aromatic rings. The standard InChI is InChI=1S/C34H29N5O5/c1-42-30-17-25-28(18-31(30)43-2)36-15-13-29(25)44-24-11-12-32(37-19-24)38-33(40)26-16-23(27-10-6-7-14-35-27)21-39(34(26)41)20-22-8-4-3-5-9-22/h3-19,21,27,35H,20H2,1-2H3,(H,37,38,40). The van der Waals surface area contributed by atoms with Crippen molar-refractivity contribution in [2.45, 2.75) is 12.6 Å². The normalized spacial score (nSPS) is 13.7. The van der Waals surface area contributed by atoms with Gasteiger partial charge < -0.3 is 29.4 Å². The van der Waals surface area contributed by atoms with E-state index in [-0.39, 0.29) is 17.4 Å². The van der Waals surface area contributed by atoms with Crippen molar-refractivity contribution in [1.82, 2.24) is 19.9 Å². The number of ether oxygens (including phenoxy) is 3. The number of nitrogens with one attached hydrogen (secondary N) is 2. The number of methoxy groups -OCH3 is 2. The molecular weight excluding hydrogens is 558 g/mol. The molecule has 2 N–H and O–H groups in total. The van der Waals surface area contributed by atoms with Crippen LogP contribution in [0, 0.1) is 0 Å². The fraction of sp³-hybridized carbons (Fsp3) is 0.118. The van der Waals surface area contributed by atoms with E-state index in [2.05, 4.69) is 20.6 Å². The Morgan fingerprint density at radius 3 is 2.50 bits per heavy atom. The van der Waals surface area contributed by atoms with Gasteiger partial charge in [0.15, 0.2) is 11.5 Å². The Bertz CT molecular complexity index is 1930. The average molecular weight is 588 g/mol. The van der Waals surface area contributed by atoms with Crippen molar-refractivity contribution in [3.05, 3.63) is 137 Å². The Labute approximate surface area is 253 Å². The van der Waals surface area contributed by atoms with Crippen LogP contribution < -0.4 is 30.4 Å². The lowest BCUT2D eigenvalue weighted by atomic mass is 10.0. The Morgan fingerprint density at radius 1 is 0.955 bits per heavy atom. The predicted octanol–water partition coefficient (Wildman–Crippen LogP) is 5.62. The summed E-state index contributed by atoms with van der Waals surface area (Å²) in [5.41, 5.74) is 2.01. The van der Waals surface area contributed by atoms with E-state index in [0.717, 1.165) is 16.5 Å². The van der Waals surface area contributed by atoms with Crippen molar-refractivity contribution in [2.24, 2.45) is 0 Å². The maximum atomic E-state index is 13.5. The average Bonchev–Trinajstić information content (AvgIpc) is 3.07. The molecule has 220 valence electrons. The number of hydrogen-bond donors (Lipinski definition) is 2. The zero-order valence-corrected chi connectivity index (χ0v) is 24.1. The van der Waals surface area contributed by atoms with Gasteiger partial charge in [0, 0.05) is 23.8 Å². The lowest BCUT2D eigenvalue weighted by Crippen LogP contribution is -2.31. The van der Waals surface area contributed by atoms with Crippen LogP contribution in [0.4, 0.5) is 5.82 Å². The number of nitrogens with zero attached hydrogens (tertiary/aromatic N) is 3. The van der Waals surface area contributed by atoms with E-state index in [1.165, 1.54) is 6.20 Å². The van der Waals surface area contributed by atoms with E-state index in [9.17, 15) is 9.59 Å². The van der Waals surface area contributed by atoms with E-state index in [4.69, 9.17) is 14.2 Å². The van der Waals surface area contributed by atoms with Gasteiger partial charge in [0.05, 0.1) is 38.5 Å². The Balaban J connectivity index is 1.24. The molecule has 0 radical (unpaired) electrons. The molecule has 0 saturated carbocycles. The van der Waals surface area contributed by atoms with E-state index in [1.54, 1.807) is 67.6 Å². The first-order valence-electron chi connectivity index (χ1n) is 13.9. The van der Waals surface area contributed by atoms with Crippen LogP contribution in [0.3, 0.4) is 0 Å². The van der Waals surface area contributed by atoms with Gasteiger partial charge in [-0.25, -0.2) is 4.98 Å². The number of allylic oxidation sites excluding steroid dienone is 2. The molecule has 1 atom stereocenters. The molecule has 1 amide bonds. The maximum Gasteiger partial charge on any atom is 0.263 e. The molecule has 0 bridgehead atoms. The highest BCUT2D eigenvalue weighted by atomic mass is 16.5. The molecule has 6 rings (SSSR count). The Kier molecular flexibility index (Phi) is 8.04. The first-order valence-corrected chi connectivity index (χ1v) is 13.9. The summed E-state index contributed by atoms with van der Waals surface area (Å²) in [6, 6.07) is 19.7. The minimum atomic E-state index is -0.559. The summed E-state index contributed by atoms with van der Waals surface area (Å²) in [4.78, 5) is 35.7. The summed E-state index contributed by atoms with van der Waals surface area (Å²) in [7, 11) is 3.13. The summed E-state index contributed by atoms with van der Waals surface area (Å²) in [5.74, 6) is 1.81.